The number of nitrogens with one attached hydrogen (secondary N) is 1. The number of amides is 1. The third kappa shape index (κ3) is 4.26. The smallest absolute Gasteiger partial charge is 0.262 e. The Hall–Kier alpha value is -0.590. The van der Waals surface area contributed by atoms with Crippen LogP contribution in [0.25, 0.3) is 0 Å². The highest BCUT2D eigenvalue weighted by atomic mass is 35.7. The molecule has 0 bridgehead atoms. The Balaban J connectivity index is 2.77. The van der Waals surface area contributed by atoms with E-state index in [0.717, 1.165) is 17.8 Å². The van der Waals surface area contributed by atoms with E-state index in [1.807, 2.05) is 0 Å². The molecule has 0 saturated carbocycles. The lowest BCUT2D eigenvalue weighted by molar-refractivity contribution is 0.0956. The van der Waals surface area contributed by atoms with Gasteiger partial charge in [0.25, 0.3) is 15.0 Å². The van der Waals surface area contributed by atoms with E-state index in [1.165, 1.54) is 6.07 Å². The van der Waals surface area contributed by atoms with Gasteiger partial charge in [-0.2, -0.15) is 0 Å². The number of carbonyl (C=O) groups is 1. The lowest BCUT2D eigenvalue weighted by Gasteiger charge is -2.05. The second-order valence-corrected chi connectivity index (χ2v) is 8.20. The van der Waals surface area contributed by atoms with Crippen LogP contribution in [0.4, 0.5) is 0 Å². The standard InChI is InChI=1S/C11H16ClNO3S2/c1-7(2)4-5-13-11(14)9-6-10(8(3)17-9)18(12,15)16/h6-7H,4-5H2,1-3H3,(H,13,14). The van der Waals surface area contributed by atoms with Gasteiger partial charge in [-0.1, -0.05) is 13.8 Å². The molecule has 0 aromatic carbocycles. The molecule has 0 spiro atoms. The summed E-state index contributed by atoms with van der Waals surface area (Å²) in [5.74, 6) is 0.254. The van der Waals surface area contributed by atoms with Crippen molar-refractivity contribution in [1.82, 2.24) is 5.32 Å². The monoisotopic (exact) mass is 309 g/mol. The van der Waals surface area contributed by atoms with Crippen LogP contribution in [0.2, 0.25) is 0 Å². The van der Waals surface area contributed by atoms with E-state index >= 15 is 0 Å². The van der Waals surface area contributed by atoms with Crippen LogP contribution in [0.5, 0.6) is 0 Å². The molecular formula is C11H16ClNO3S2. The highest BCUT2D eigenvalue weighted by molar-refractivity contribution is 8.13. The fraction of sp³-hybridized carbons (Fsp3) is 0.545. The van der Waals surface area contributed by atoms with Crippen molar-refractivity contribution >= 4 is 37.0 Å². The second kappa shape index (κ2) is 6.04. The van der Waals surface area contributed by atoms with Gasteiger partial charge in [-0.05, 0) is 25.3 Å². The third-order valence-corrected chi connectivity index (χ3v) is 4.99. The first kappa shape index (κ1) is 15.5. The molecule has 18 heavy (non-hydrogen) atoms. The summed E-state index contributed by atoms with van der Waals surface area (Å²) in [5.41, 5.74) is 0. The molecule has 0 radical (unpaired) electrons. The maximum Gasteiger partial charge on any atom is 0.262 e. The molecule has 1 heterocycles. The Morgan fingerprint density at radius 1 is 1.50 bits per heavy atom. The van der Waals surface area contributed by atoms with Crippen LogP contribution in [0, 0.1) is 12.8 Å². The quantitative estimate of drug-likeness (QED) is 0.851. The van der Waals surface area contributed by atoms with Crippen molar-refractivity contribution in [2.45, 2.75) is 32.1 Å². The molecule has 102 valence electrons. The van der Waals surface area contributed by atoms with Crippen LogP contribution in [0.3, 0.4) is 0 Å². The number of hydrogen-bond donors (Lipinski definition) is 1. The highest BCUT2D eigenvalue weighted by Gasteiger charge is 2.20. The van der Waals surface area contributed by atoms with E-state index in [2.05, 4.69) is 19.2 Å². The average Bonchev–Trinajstić information content (AvgIpc) is 2.59. The minimum Gasteiger partial charge on any atom is -0.351 e. The van der Waals surface area contributed by atoms with Crippen molar-refractivity contribution in [3.05, 3.63) is 15.8 Å². The van der Waals surface area contributed by atoms with E-state index in [4.69, 9.17) is 10.7 Å². The van der Waals surface area contributed by atoms with Gasteiger partial charge in [-0.3, -0.25) is 4.79 Å². The Labute approximate surface area is 116 Å². The van der Waals surface area contributed by atoms with Gasteiger partial charge in [-0.15, -0.1) is 11.3 Å². The molecule has 0 aliphatic carbocycles. The summed E-state index contributed by atoms with van der Waals surface area (Å²) in [6, 6.07) is 1.33. The maximum atomic E-state index is 11.8. The van der Waals surface area contributed by atoms with Gasteiger partial charge in [0.15, 0.2) is 0 Å². The summed E-state index contributed by atoms with van der Waals surface area (Å²) in [7, 11) is 1.50. The van der Waals surface area contributed by atoms with Crippen molar-refractivity contribution in [2.75, 3.05) is 6.54 Å². The Morgan fingerprint density at radius 2 is 2.11 bits per heavy atom. The maximum absolute atomic E-state index is 11.8. The lowest BCUT2D eigenvalue weighted by Crippen LogP contribution is -2.24. The number of carbonyl (C=O) groups excluding carboxylic acids is 1. The second-order valence-electron chi connectivity index (χ2n) is 4.41. The molecule has 1 amide bonds. The largest absolute Gasteiger partial charge is 0.351 e. The van der Waals surface area contributed by atoms with Crippen molar-refractivity contribution < 1.29 is 13.2 Å². The summed E-state index contributed by atoms with van der Waals surface area (Å²) in [5, 5.41) is 2.76. The average molecular weight is 310 g/mol. The SMILES string of the molecule is Cc1sc(C(=O)NCCC(C)C)cc1S(=O)(=O)Cl. The molecule has 4 nitrogen and oxygen atoms in total. The molecule has 0 unspecified atom stereocenters. The summed E-state index contributed by atoms with van der Waals surface area (Å²) in [6.07, 6.45) is 0.886. The van der Waals surface area contributed by atoms with Crippen molar-refractivity contribution in [2.24, 2.45) is 5.92 Å². The van der Waals surface area contributed by atoms with Gasteiger partial charge in [0.2, 0.25) is 0 Å². The van der Waals surface area contributed by atoms with Crippen LogP contribution in [-0.4, -0.2) is 20.9 Å². The van der Waals surface area contributed by atoms with Crippen molar-refractivity contribution in [3.63, 3.8) is 0 Å². The summed E-state index contributed by atoms with van der Waals surface area (Å²) >= 11 is 1.13. The fourth-order valence-corrected chi connectivity index (χ4v) is 3.96. The van der Waals surface area contributed by atoms with Gasteiger partial charge in [0.1, 0.15) is 0 Å². The third-order valence-electron chi connectivity index (χ3n) is 2.37. The molecule has 7 heteroatoms. The van der Waals surface area contributed by atoms with E-state index in [0.29, 0.717) is 22.2 Å². The zero-order chi connectivity index (χ0) is 13.9. The number of aryl methyl sites for hydroxylation is 1. The molecule has 1 aromatic rings. The minimum atomic E-state index is -3.78. The molecule has 1 rings (SSSR count). The van der Waals surface area contributed by atoms with Crippen molar-refractivity contribution in [3.8, 4) is 0 Å². The zero-order valence-corrected chi connectivity index (χ0v) is 12.9. The normalized spacial score (nSPS) is 11.8. The number of halogens is 1. The number of thiophene rings is 1. The predicted octanol–water partition coefficient (Wildman–Crippen LogP) is 2.76. The first-order chi connectivity index (χ1) is 8.21. The van der Waals surface area contributed by atoms with E-state index in [1.54, 1.807) is 6.92 Å². The first-order valence-corrected chi connectivity index (χ1v) is 8.67. The summed E-state index contributed by atoms with van der Waals surface area (Å²) in [6.45, 7) is 6.35. The molecule has 0 aliphatic heterocycles. The number of rotatable bonds is 5. The molecule has 0 saturated heterocycles. The molecule has 0 aliphatic rings. The van der Waals surface area contributed by atoms with Crippen LogP contribution in [-0.2, 0) is 9.05 Å². The van der Waals surface area contributed by atoms with Gasteiger partial charge < -0.3 is 5.32 Å². The Kier molecular flexibility index (Phi) is 5.19. The predicted molar refractivity (Wildman–Crippen MR) is 73.9 cm³/mol. The van der Waals surface area contributed by atoms with Crippen molar-refractivity contribution in [1.29, 1.82) is 0 Å². The highest BCUT2D eigenvalue weighted by Crippen LogP contribution is 2.28. The Bertz CT molecular complexity index is 534. The van der Waals surface area contributed by atoms with E-state index < -0.39 is 9.05 Å². The molecule has 0 fully saturated rings. The number of hydrogen-bond acceptors (Lipinski definition) is 4. The van der Waals surface area contributed by atoms with Gasteiger partial charge in [0.05, 0.1) is 9.77 Å². The zero-order valence-electron chi connectivity index (χ0n) is 10.5. The summed E-state index contributed by atoms with van der Waals surface area (Å²) in [4.78, 5) is 12.7. The Morgan fingerprint density at radius 3 is 2.56 bits per heavy atom. The topological polar surface area (TPSA) is 63.2 Å². The lowest BCUT2D eigenvalue weighted by atomic mass is 10.1. The molecule has 1 aromatic heterocycles. The van der Waals surface area contributed by atoms with Crippen LogP contribution >= 0.6 is 22.0 Å². The fourth-order valence-electron chi connectivity index (χ4n) is 1.38. The molecule has 1 N–H and O–H groups in total. The van der Waals surface area contributed by atoms with E-state index in [9.17, 15) is 13.2 Å². The first-order valence-electron chi connectivity index (χ1n) is 5.55. The van der Waals surface area contributed by atoms with Crippen LogP contribution in [0.15, 0.2) is 11.0 Å². The summed E-state index contributed by atoms with van der Waals surface area (Å²) < 4.78 is 22.5. The minimum absolute atomic E-state index is 0.0168. The molecular weight excluding hydrogens is 294 g/mol. The van der Waals surface area contributed by atoms with Crippen LogP contribution < -0.4 is 5.32 Å². The van der Waals surface area contributed by atoms with Gasteiger partial charge in [-0.25, -0.2) is 8.42 Å². The van der Waals surface area contributed by atoms with Gasteiger partial charge >= 0.3 is 0 Å². The van der Waals surface area contributed by atoms with Crippen LogP contribution in [0.1, 0.15) is 34.8 Å². The van der Waals surface area contributed by atoms with Gasteiger partial charge in [0, 0.05) is 22.1 Å². The van der Waals surface area contributed by atoms with E-state index in [-0.39, 0.29) is 10.8 Å². The molecule has 0 atom stereocenters.